The summed E-state index contributed by atoms with van der Waals surface area (Å²) < 4.78 is 0. The number of carbonyl (C=O) groups excluding carboxylic acids is 1. The first-order valence-electron chi connectivity index (χ1n) is 5.76. The zero-order chi connectivity index (χ0) is 13.1. The van der Waals surface area contributed by atoms with E-state index in [0.29, 0.717) is 5.02 Å². The molecule has 1 atom stereocenters. The van der Waals surface area contributed by atoms with Crippen molar-refractivity contribution in [3.8, 4) is 0 Å². The summed E-state index contributed by atoms with van der Waals surface area (Å²) in [6.07, 6.45) is 2.08. The summed E-state index contributed by atoms with van der Waals surface area (Å²) in [5.74, 6) is -0.113. The quantitative estimate of drug-likeness (QED) is 0.791. The van der Waals surface area contributed by atoms with Crippen LogP contribution in [0.15, 0.2) is 24.4 Å². The fraction of sp³-hybridized carbons (Fsp3) is 0.308. The van der Waals surface area contributed by atoms with Gasteiger partial charge in [0.1, 0.15) is 0 Å². The summed E-state index contributed by atoms with van der Waals surface area (Å²) >= 11 is 5.94. The van der Waals surface area contributed by atoms with Crippen LogP contribution in [0.1, 0.15) is 12.5 Å². The number of carbonyl (C=O) groups is 1. The van der Waals surface area contributed by atoms with Gasteiger partial charge in [-0.1, -0.05) is 11.6 Å². The van der Waals surface area contributed by atoms with Crippen LogP contribution in [0.2, 0.25) is 5.02 Å². The number of H-pyrrole nitrogens is 1. The minimum Gasteiger partial charge on any atom is -0.394 e. The van der Waals surface area contributed by atoms with Gasteiger partial charge in [0.2, 0.25) is 5.91 Å². The van der Waals surface area contributed by atoms with E-state index in [-0.39, 0.29) is 25.0 Å². The maximum Gasteiger partial charge on any atom is 0.224 e. The van der Waals surface area contributed by atoms with Gasteiger partial charge in [0, 0.05) is 28.2 Å². The van der Waals surface area contributed by atoms with Gasteiger partial charge in [-0.25, -0.2) is 0 Å². The second kappa shape index (κ2) is 5.42. The van der Waals surface area contributed by atoms with E-state index >= 15 is 0 Å². The number of aromatic amines is 1. The van der Waals surface area contributed by atoms with Crippen molar-refractivity contribution >= 4 is 28.4 Å². The van der Waals surface area contributed by atoms with Crippen molar-refractivity contribution in [3.05, 3.63) is 35.0 Å². The normalized spacial score (nSPS) is 12.6. The van der Waals surface area contributed by atoms with Crippen LogP contribution in [0, 0.1) is 0 Å². The highest BCUT2D eigenvalue weighted by atomic mass is 35.5. The number of aromatic nitrogens is 1. The Labute approximate surface area is 110 Å². The predicted octanol–water partition coefficient (Wildman–Crippen LogP) is 1.86. The van der Waals surface area contributed by atoms with Gasteiger partial charge >= 0.3 is 0 Å². The van der Waals surface area contributed by atoms with Crippen LogP contribution < -0.4 is 5.32 Å². The minimum atomic E-state index is -0.230. The molecule has 2 rings (SSSR count). The average molecular weight is 267 g/mol. The molecule has 96 valence electrons. The molecule has 0 spiro atoms. The number of halogens is 1. The molecule has 18 heavy (non-hydrogen) atoms. The highest BCUT2D eigenvalue weighted by Gasteiger charge is 2.11. The molecular weight excluding hydrogens is 252 g/mol. The summed E-state index contributed by atoms with van der Waals surface area (Å²) in [4.78, 5) is 14.8. The van der Waals surface area contributed by atoms with E-state index in [1.165, 1.54) is 0 Å². The molecule has 1 heterocycles. The van der Waals surface area contributed by atoms with Crippen LogP contribution in [0.25, 0.3) is 10.9 Å². The Morgan fingerprint density at radius 2 is 2.33 bits per heavy atom. The lowest BCUT2D eigenvalue weighted by Crippen LogP contribution is -2.35. The standard InChI is InChI=1S/C13H15ClN2O2/c1-8(7-17)16-13(18)4-9-6-15-12-3-2-10(14)5-11(9)12/h2-3,5-6,8,15,17H,4,7H2,1H3,(H,16,18). The lowest BCUT2D eigenvalue weighted by Gasteiger charge is -2.10. The number of hydrogen-bond donors (Lipinski definition) is 3. The summed E-state index contributed by atoms with van der Waals surface area (Å²) in [5.41, 5.74) is 1.85. The Morgan fingerprint density at radius 3 is 3.06 bits per heavy atom. The summed E-state index contributed by atoms with van der Waals surface area (Å²) in [6, 6.07) is 5.30. The van der Waals surface area contributed by atoms with E-state index in [9.17, 15) is 4.79 Å². The number of aliphatic hydroxyl groups is 1. The Morgan fingerprint density at radius 1 is 1.56 bits per heavy atom. The number of benzene rings is 1. The second-order valence-corrected chi connectivity index (χ2v) is 4.77. The van der Waals surface area contributed by atoms with Crippen molar-refractivity contribution in [3.63, 3.8) is 0 Å². The van der Waals surface area contributed by atoms with Gasteiger partial charge in [-0.15, -0.1) is 0 Å². The van der Waals surface area contributed by atoms with Crippen molar-refractivity contribution in [2.75, 3.05) is 6.61 Å². The largest absolute Gasteiger partial charge is 0.394 e. The Bertz CT molecular complexity index is 565. The monoisotopic (exact) mass is 266 g/mol. The molecule has 1 aromatic carbocycles. The third-order valence-electron chi connectivity index (χ3n) is 2.76. The van der Waals surface area contributed by atoms with Crippen molar-refractivity contribution in [2.24, 2.45) is 0 Å². The third kappa shape index (κ3) is 2.83. The molecule has 0 fully saturated rings. The fourth-order valence-corrected chi connectivity index (χ4v) is 2.01. The zero-order valence-electron chi connectivity index (χ0n) is 10.0. The number of amides is 1. The SMILES string of the molecule is CC(CO)NC(=O)Cc1c[nH]c2ccc(Cl)cc12. The highest BCUT2D eigenvalue weighted by molar-refractivity contribution is 6.31. The lowest BCUT2D eigenvalue weighted by atomic mass is 10.1. The molecule has 0 bridgehead atoms. The first-order valence-corrected chi connectivity index (χ1v) is 6.13. The van der Waals surface area contributed by atoms with Crippen LogP contribution in [0.4, 0.5) is 0 Å². The molecule has 1 unspecified atom stereocenters. The molecule has 4 nitrogen and oxygen atoms in total. The molecule has 1 amide bonds. The molecule has 1 aromatic heterocycles. The van der Waals surface area contributed by atoms with E-state index in [2.05, 4.69) is 10.3 Å². The molecule has 3 N–H and O–H groups in total. The van der Waals surface area contributed by atoms with Crippen LogP contribution in [0.5, 0.6) is 0 Å². The summed E-state index contributed by atoms with van der Waals surface area (Å²) in [6.45, 7) is 1.69. The summed E-state index contributed by atoms with van der Waals surface area (Å²) in [5, 5.41) is 13.2. The number of rotatable bonds is 4. The maximum atomic E-state index is 11.7. The molecular formula is C13H15ClN2O2. The maximum absolute atomic E-state index is 11.7. The van der Waals surface area contributed by atoms with Gasteiger partial charge in [-0.3, -0.25) is 4.79 Å². The second-order valence-electron chi connectivity index (χ2n) is 4.33. The van der Waals surface area contributed by atoms with Gasteiger partial charge in [-0.2, -0.15) is 0 Å². The topological polar surface area (TPSA) is 65.1 Å². The number of aliphatic hydroxyl groups excluding tert-OH is 1. The van der Waals surface area contributed by atoms with Crippen LogP contribution in [-0.2, 0) is 11.2 Å². The molecule has 0 aliphatic carbocycles. The van der Waals surface area contributed by atoms with Gasteiger partial charge in [0.05, 0.1) is 13.0 Å². The van der Waals surface area contributed by atoms with Gasteiger partial charge in [-0.05, 0) is 30.7 Å². The molecule has 0 radical (unpaired) electrons. The predicted molar refractivity (Wildman–Crippen MR) is 71.7 cm³/mol. The van der Waals surface area contributed by atoms with Gasteiger partial charge < -0.3 is 15.4 Å². The zero-order valence-corrected chi connectivity index (χ0v) is 10.8. The Kier molecular flexibility index (Phi) is 3.89. The Hall–Kier alpha value is -1.52. The first kappa shape index (κ1) is 12.9. The molecule has 0 aliphatic heterocycles. The number of hydrogen-bond acceptors (Lipinski definition) is 2. The van der Waals surface area contributed by atoms with Crippen molar-refractivity contribution in [2.45, 2.75) is 19.4 Å². The highest BCUT2D eigenvalue weighted by Crippen LogP contribution is 2.22. The molecule has 2 aromatic rings. The molecule has 0 aliphatic rings. The van der Waals surface area contributed by atoms with Crippen LogP contribution in [0.3, 0.4) is 0 Å². The number of fused-ring (bicyclic) bond motifs is 1. The van der Waals surface area contributed by atoms with Crippen LogP contribution >= 0.6 is 11.6 Å². The van der Waals surface area contributed by atoms with Gasteiger partial charge in [0.15, 0.2) is 0 Å². The van der Waals surface area contributed by atoms with Crippen molar-refractivity contribution < 1.29 is 9.90 Å². The number of nitrogens with one attached hydrogen (secondary N) is 2. The van der Waals surface area contributed by atoms with Crippen molar-refractivity contribution in [1.29, 1.82) is 0 Å². The van der Waals surface area contributed by atoms with E-state index < -0.39 is 0 Å². The Balaban J connectivity index is 2.16. The van der Waals surface area contributed by atoms with E-state index in [0.717, 1.165) is 16.5 Å². The van der Waals surface area contributed by atoms with E-state index in [1.54, 1.807) is 13.0 Å². The minimum absolute atomic E-state index is 0.0640. The van der Waals surface area contributed by atoms with E-state index in [1.807, 2.05) is 18.3 Å². The smallest absolute Gasteiger partial charge is 0.224 e. The van der Waals surface area contributed by atoms with Crippen molar-refractivity contribution in [1.82, 2.24) is 10.3 Å². The molecule has 0 saturated heterocycles. The first-order chi connectivity index (χ1) is 8.60. The average Bonchev–Trinajstić information content (AvgIpc) is 2.71. The molecule has 5 heteroatoms. The third-order valence-corrected chi connectivity index (χ3v) is 3.00. The fourth-order valence-electron chi connectivity index (χ4n) is 1.84. The molecule has 0 saturated carbocycles. The lowest BCUT2D eigenvalue weighted by molar-refractivity contribution is -0.121. The van der Waals surface area contributed by atoms with Gasteiger partial charge in [0.25, 0.3) is 0 Å². The van der Waals surface area contributed by atoms with E-state index in [4.69, 9.17) is 16.7 Å². The van der Waals surface area contributed by atoms with Crippen LogP contribution in [-0.4, -0.2) is 28.6 Å². The summed E-state index contributed by atoms with van der Waals surface area (Å²) in [7, 11) is 0.